The second-order valence-electron chi connectivity index (χ2n) is 6.52. The van der Waals surface area contributed by atoms with Gasteiger partial charge in [0.15, 0.2) is 0 Å². The topological polar surface area (TPSA) is 73.5 Å². The molecule has 1 aliphatic heterocycles. The second-order valence-corrected chi connectivity index (χ2v) is 6.52. The molecule has 0 saturated carbocycles. The third kappa shape index (κ3) is 4.08. The van der Waals surface area contributed by atoms with Gasteiger partial charge in [-0.1, -0.05) is 12.1 Å². The van der Waals surface area contributed by atoms with Gasteiger partial charge in [-0.25, -0.2) is 9.18 Å². The number of allylic oxidation sites excluding steroid dienone is 1. The van der Waals surface area contributed by atoms with Gasteiger partial charge in [-0.3, -0.25) is 4.79 Å². The second kappa shape index (κ2) is 7.49. The maximum Gasteiger partial charge on any atom is 0.319 e. The molecule has 0 fully saturated rings. The predicted molar refractivity (Wildman–Crippen MR) is 103 cm³/mol. The van der Waals surface area contributed by atoms with Crippen molar-refractivity contribution in [1.29, 1.82) is 0 Å². The number of rotatable bonds is 4. The van der Waals surface area contributed by atoms with Crippen LogP contribution in [0, 0.1) is 5.82 Å². The minimum Gasteiger partial charge on any atom is -0.378 e. The molecule has 140 valence electrons. The SMILES string of the molecule is CC1=C(C(=O)Nc2ccc(F)cc2)C(c2ccc(N(C)C)cc2)NC(=O)N1. The van der Waals surface area contributed by atoms with E-state index in [4.69, 9.17) is 0 Å². The van der Waals surface area contributed by atoms with E-state index in [0.29, 0.717) is 17.0 Å². The molecule has 2 aromatic rings. The molecule has 2 aromatic carbocycles. The van der Waals surface area contributed by atoms with Gasteiger partial charge in [-0.2, -0.15) is 0 Å². The fourth-order valence-corrected chi connectivity index (χ4v) is 2.94. The zero-order valence-corrected chi connectivity index (χ0v) is 15.3. The smallest absolute Gasteiger partial charge is 0.319 e. The van der Waals surface area contributed by atoms with Crippen LogP contribution in [-0.4, -0.2) is 26.0 Å². The number of carbonyl (C=O) groups is 2. The number of benzene rings is 2. The Morgan fingerprint density at radius 2 is 1.70 bits per heavy atom. The van der Waals surface area contributed by atoms with Gasteiger partial charge >= 0.3 is 6.03 Å². The van der Waals surface area contributed by atoms with Gasteiger partial charge in [-0.15, -0.1) is 0 Å². The van der Waals surface area contributed by atoms with E-state index >= 15 is 0 Å². The standard InChI is InChI=1S/C20H21FN4O2/c1-12-17(19(26)23-15-8-6-14(21)7-9-15)18(24-20(27)22-12)13-4-10-16(11-5-13)25(2)3/h4-11,18H,1-3H3,(H,23,26)(H2,22,24,27). The molecule has 0 aliphatic carbocycles. The van der Waals surface area contributed by atoms with Crippen LogP contribution in [0.2, 0.25) is 0 Å². The molecule has 3 amide bonds. The summed E-state index contributed by atoms with van der Waals surface area (Å²) in [6.07, 6.45) is 0. The average Bonchev–Trinajstić information content (AvgIpc) is 2.63. The van der Waals surface area contributed by atoms with Gasteiger partial charge in [0, 0.05) is 31.2 Å². The van der Waals surface area contributed by atoms with Crippen LogP contribution in [0.4, 0.5) is 20.6 Å². The highest BCUT2D eigenvalue weighted by molar-refractivity contribution is 6.06. The van der Waals surface area contributed by atoms with Crippen LogP contribution in [0.15, 0.2) is 59.8 Å². The first-order valence-corrected chi connectivity index (χ1v) is 8.47. The number of nitrogens with one attached hydrogen (secondary N) is 3. The van der Waals surface area contributed by atoms with Crippen molar-refractivity contribution in [3.63, 3.8) is 0 Å². The van der Waals surface area contributed by atoms with Gasteiger partial charge in [0.05, 0.1) is 11.6 Å². The van der Waals surface area contributed by atoms with Crippen LogP contribution in [0.25, 0.3) is 0 Å². The molecule has 1 aliphatic rings. The van der Waals surface area contributed by atoms with E-state index in [2.05, 4.69) is 16.0 Å². The van der Waals surface area contributed by atoms with Crippen molar-refractivity contribution in [3.05, 3.63) is 71.2 Å². The molecule has 27 heavy (non-hydrogen) atoms. The number of nitrogens with zero attached hydrogens (tertiary/aromatic N) is 1. The number of amides is 3. The van der Waals surface area contributed by atoms with Gasteiger partial charge in [0.2, 0.25) is 0 Å². The molecule has 0 saturated heterocycles. The van der Waals surface area contributed by atoms with Crippen LogP contribution < -0.4 is 20.9 Å². The van der Waals surface area contributed by atoms with Crippen molar-refractivity contribution in [3.8, 4) is 0 Å². The van der Waals surface area contributed by atoms with Crippen LogP contribution in [0.1, 0.15) is 18.5 Å². The Morgan fingerprint density at radius 1 is 1.07 bits per heavy atom. The number of halogens is 1. The van der Waals surface area contributed by atoms with Gasteiger partial charge in [0.1, 0.15) is 5.82 Å². The van der Waals surface area contributed by atoms with Crippen molar-refractivity contribution in [2.24, 2.45) is 0 Å². The van der Waals surface area contributed by atoms with Gasteiger partial charge in [0.25, 0.3) is 5.91 Å². The van der Waals surface area contributed by atoms with Crippen molar-refractivity contribution in [2.45, 2.75) is 13.0 Å². The minimum absolute atomic E-state index is 0.367. The van der Waals surface area contributed by atoms with Crippen LogP contribution in [0.3, 0.4) is 0 Å². The molecule has 0 spiro atoms. The zero-order chi connectivity index (χ0) is 19.6. The average molecular weight is 368 g/mol. The first kappa shape index (κ1) is 18.4. The Labute approximate surface area is 157 Å². The highest BCUT2D eigenvalue weighted by Gasteiger charge is 2.31. The molecule has 0 aromatic heterocycles. The lowest BCUT2D eigenvalue weighted by molar-refractivity contribution is -0.113. The van der Waals surface area contributed by atoms with Crippen molar-refractivity contribution >= 4 is 23.3 Å². The molecule has 0 bridgehead atoms. The molecule has 3 rings (SSSR count). The van der Waals surface area contributed by atoms with Gasteiger partial charge in [-0.05, 0) is 48.9 Å². The maximum absolute atomic E-state index is 13.1. The summed E-state index contributed by atoms with van der Waals surface area (Å²) in [4.78, 5) is 26.8. The molecular formula is C20H21FN4O2. The molecule has 1 heterocycles. The summed E-state index contributed by atoms with van der Waals surface area (Å²) in [6, 6.07) is 12.2. The summed E-state index contributed by atoms with van der Waals surface area (Å²) in [5.74, 6) is -0.748. The zero-order valence-electron chi connectivity index (χ0n) is 15.3. The first-order chi connectivity index (χ1) is 12.8. The molecule has 1 atom stereocenters. The summed E-state index contributed by atoms with van der Waals surface area (Å²) in [6.45, 7) is 1.68. The Bertz CT molecular complexity index is 889. The molecule has 1 unspecified atom stereocenters. The number of urea groups is 1. The fourth-order valence-electron chi connectivity index (χ4n) is 2.94. The summed E-state index contributed by atoms with van der Waals surface area (Å²) >= 11 is 0. The first-order valence-electron chi connectivity index (χ1n) is 8.47. The summed E-state index contributed by atoms with van der Waals surface area (Å²) in [5.41, 5.74) is 3.15. The van der Waals surface area contributed by atoms with E-state index < -0.39 is 6.04 Å². The highest BCUT2D eigenvalue weighted by atomic mass is 19.1. The van der Waals surface area contributed by atoms with E-state index in [-0.39, 0.29) is 17.8 Å². The van der Waals surface area contributed by atoms with E-state index in [9.17, 15) is 14.0 Å². The number of hydrogen-bond acceptors (Lipinski definition) is 3. The van der Waals surface area contributed by atoms with Crippen LogP contribution in [0.5, 0.6) is 0 Å². The largest absolute Gasteiger partial charge is 0.378 e. The van der Waals surface area contributed by atoms with E-state index in [1.165, 1.54) is 24.3 Å². The Morgan fingerprint density at radius 3 is 2.30 bits per heavy atom. The number of carbonyl (C=O) groups excluding carboxylic acids is 2. The lowest BCUT2D eigenvalue weighted by Gasteiger charge is -2.29. The predicted octanol–water partition coefficient (Wildman–Crippen LogP) is 3.16. The lowest BCUT2D eigenvalue weighted by atomic mass is 9.94. The number of hydrogen-bond donors (Lipinski definition) is 3. The summed E-state index contributed by atoms with van der Waals surface area (Å²) < 4.78 is 13.1. The summed E-state index contributed by atoms with van der Waals surface area (Å²) in [5, 5.41) is 8.18. The van der Waals surface area contributed by atoms with Crippen molar-refractivity contribution < 1.29 is 14.0 Å². The number of anilines is 2. The minimum atomic E-state index is -0.588. The third-order valence-corrected chi connectivity index (χ3v) is 4.36. The van der Waals surface area contributed by atoms with Crippen molar-refractivity contribution in [2.75, 3.05) is 24.3 Å². The fraction of sp³-hybridized carbons (Fsp3) is 0.200. The lowest BCUT2D eigenvalue weighted by Crippen LogP contribution is -2.45. The molecule has 6 nitrogen and oxygen atoms in total. The van der Waals surface area contributed by atoms with Crippen molar-refractivity contribution in [1.82, 2.24) is 10.6 Å². The van der Waals surface area contributed by atoms with E-state index in [1.54, 1.807) is 6.92 Å². The van der Waals surface area contributed by atoms with E-state index in [0.717, 1.165) is 11.3 Å². The molecule has 3 N–H and O–H groups in total. The monoisotopic (exact) mass is 368 g/mol. The Hall–Kier alpha value is -3.35. The molecule has 0 radical (unpaired) electrons. The molecule has 7 heteroatoms. The quantitative estimate of drug-likeness (QED) is 0.776. The summed E-state index contributed by atoms with van der Waals surface area (Å²) in [7, 11) is 3.87. The Kier molecular flexibility index (Phi) is 5.12. The van der Waals surface area contributed by atoms with Gasteiger partial charge < -0.3 is 20.9 Å². The normalized spacial score (nSPS) is 16.4. The Balaban J connectivity index is 1.91. The van der Waals surface area contributed by atoms with Crippen LogP contribution in [-0.2, 0) is 4.79 Å². The molecular weight excluding hydrogens is 347 g/mol. The maximum atomic E-state index is 13.1. The van der Waals surface area contributed by atoms with E-state index in [1.807, 2.05) is 43.3 Å². The third-order valence-electron chi connectivity index (χ3n) is 4.36. The highest BCUT2D eigenvalue weighted by Crippen LogP contribution is 2.29. The van der Waals surface area contributed by atoms with Crippen LogP contribution >= 0.6 is 0 Å².